The van der Waals surface area contributed by atoms with Gasteiger partial charge in [0, 0.05) is 10.7 Å². The van der Waals surface area contributed by atoms with E-state index in [1.165, 1.54) is 19.1 Å². The first kappa shape index (κ1) is 18.4. The number of nitrogens with one attached hydrogen (secondary N) is 2. The minimum atomic E-state index is -3.77. The molecule has 2 aromatic carbocycles. The lowest BCUT2D eigenvalue weighted by molar-refractivity contribution is -0.117. The molecule has 24 heavy (non-hydrogen) atoms. The van der Waals surface area contributed by atoms with E-state index in [1.54, 1.807) is 30.3 Å². The van der Waals surface area contributed by atoms with E-state index >= 15 is 0 Å². The van der Waals surface area contributed by atoms with Crippen LogP contribution in [-0.2, 0) is 14.8 Å². The minimum absolute atomic E-state index is 0.117. The summed E-state index contributed by atoms with van der Waals surface area (Å²) in [7, 11) is -3.77. The van der Waals surface area contributed by atoms with Gasteiger partial charge in [-0.25, -0.2) is 8.42 Å². The van der Waals surface area contributed by atoms with Gasteiger partial charge in [-0.1, -0.05) is 35.4 Å². The normalized spacial score (nSPS) is 12.7. The van der Waals surface area contributed by atoms with Crippen molar-refractivity contribution in [2.45, 2.75) is 31.7 Å². The Labute approximate surface area is 147 Å². The average Bonchev–Trinajstić information content (AvgIpc) is 2.51. The number of carbonyl (C=O) groups excluding carboxylic acids is 1. The quantitative estimate of drug-likeness (QED) is 0.852. The van der Waals surface area contributed by atoms with Crippen molar-refractivity contribution in [1.29, 1.82) is 0 Å². The molecule has 0 radical (unpaired) electrons. The first-order valence-corrected chi connectivity index (χ1v) is 9.21. The fourth-order valence-electron chi connectivity index (χ4n) is 2.04. The lowest BCUT2D eigenvalue weighted by atomic mass is 10.2. The molecular weight excluding hydrogens is 348 g/mol. The summed E-state index contributed by atoms with van der Waals surface area (Å²) in [5, 5.41) is 3.17. The summed E-state index contributed by atoms with van der Waals surface area (Å²) in [6, 6.07) is 10.6. The maximum Gasteiger partial charge on any atom is 0.242 e. The number of amides is 1. The third-order valence-corrected chi connectivity index (χ3v) is 5.31. The van der Waals surface area contributed by atoms with Crippen LogP contribution in [0.2, 0.25) is 5.02 Å². The summed E-state index contributed by atoms with van der Waals surface area (Å²) in [4.78, 5) is 12.4. The molecule has 5 nitrogen and oxygen atoms in total. The molecule has 0 spiro atoms. The number of hydrogen-bond donors (Lipinski definition) is 2. The Morgan fingerprint density at radius 3 is 2.33 bits per heavy atom. The highest BCUT2D eigenvalue weighted by molar-refractivity contribution is 7.89. The molecule has 1 amide bonds. The first-order chi connectivity index (χ1) is 11.2. The number of aryl methyl sites for hydroxylation is 2. The zero-order valence-electron chi connectivity index (χ0n) is 13.6. The molecule has 7 heteroatoms. The Morgan fingerprint density at radius 2 is 1.71 bits per heavy atom. The maximum absolute atomic E-state index is 12.3. The Hall–Kier alpha value is -1.89. The van der Waals surface area contributed by atoms with E-state index in [2.05, 4.69) is 10.0 Å². The van der Waals surface area contributed by atoms with Crippen LogP contribution in [0.25, 0.3) is 0 Å². The van der Waals surface area contributed by atoms with Crippen LogP contribution in [-0.4, -0.2) is 20.4 Å². The van der Waals surface area contributed by atoms with Crippen molar-refractivity contribution in [3.05, 3.63) is 58.6 Å². The molecule has 0 unspecified atom stereocenters. The van der Waals surface area contributed by atoms with Crippen molar-refractivity contribution in [3.8, 4) is 0 Å². The van der Waals surface area contributed by atoms with Gasteiger partial charge < -0.3 is 5.32 Å². The Kier molecular flexibility index (Phi) is 5.64. The van der Waals surface area contributed by atoms with Crippen LogP contribution in [0.4, 0.5) is 5.69 Å². The number of sulfonamides is 1. The lowest BCUT2D eigenvalue weighted by Gasteiger charge is -2.16. The van der Waals surface area contributed by atoms with Crippen molar-refractivity contribution in [3.63, 3.8) is 0 Å². The van der Waals surface area contributed by atoms with E-state index in [4.69, 9.17) is 11.6 Å². The second-order valence-corrected chi connectivity index (χ2v) is 7.75. The smallest absolute Gasteiger partial charge is 0.242 e. The summed E-state index contributed by atoms with van der Waals surface area (Å²) in [6.07, 6.45) is 0. The number of benzene rings is 2. The number of anilines is 1. The van der Waals surface area contributed by atoms with Crippen molar-refractivity contribution in [1.82, 2.24) is 4.72 Å². The second kappa shape index (κ2) is 7.34. The minimum Gasteiger partial charge on any atom is -0.324 e. The highest BCUT2D eigenvalue weighted by Crippen LogP contribution is 2.20. The van der Waals surface area contributed by atoms with E-state index < -0.39 is 22.0 Å². The van der Waals surface area contributed by atoms with Crippen LogP contribution < -0.4 is 10.0 Å². The van der Waals surface area contributed by atoms with E-state index in [-0.39, 0.29) is 4.90 Å². The van der Waals surface area contributed by atoms with Gasteiger partial charge in [0.2, 0.25) is 15.9 Å². The number of carbonyl (C=O) groups is 1. The number of rotatable bonds is 5. The topological polar surface area (TPSA) is 75.3 Å². The van der Waals surface area contributed by atoms with Crippen molar-refractivity contribution in [2.24, 2.45) is 0 Å². The van der Waals surface area contributed by atoms with Gasteiger partial charge in [-0.2, -0.15) is 4.72 Å². The third-order valence-electron chi connectivity index (χ3n) is 3.51. The van der Waals surface area contributed by atoms with E-state index in [1.807, 2.05) is 13.8 Å². The van der Waals surface area contributed by atoms with Crippen LogP contribution >= 0.6 is 11.6 Å². The van der Waals surface area contributed by atoms with Crippen LogP contribution in [0.5, 0.6) is 0 Å². The molecule has 0 saturated carbocycles. The lowest BCUT2D eigenvalue weighted by Crippen LogP contribution is -2.41. The molecule has 0 aromatic heterocycles. The number of halogens is 1. The van der Waals surface area contributed by atoms with E-state index in [0.717, 1.165) is 11.1 Å². The Balaban J connectivity index is 2.10. The molecule has 0 aliphatic heterocycles. The van der Waals surface area contributed by atoms with E-state index in [9.17, 15) is 13.2 Å². The molecule has 2 rings (SSSR count). The molecule has 0 saturated heterocycles. The predicted molar refractivity (Wildman–Crippen MR) is 95.8 cm³/mol. The summed E-state index contributed by atoms with van der Waals surface area (Å²) < 4.78 is 27.0. The monoisotopic (exact) mass is 366 g/mol. The Bertz CT molecular complexity index is 849. The van der Waals surface area contributed by atoms with Gasteiger partial charge in [-0.15, -0.1) is 0 Å². The zero-order chi connectivity index (χ0) is 17.9. The third kappa shape index (κ3) is 4.56. The summed E-state index contributed by atoms with van der Waals surface area (Å²) in [5.41, 5.74) is 2.34. The molecule has 0 aliphatic rings. The molecule has 2 aromatic rings. The fourth-order valence-corrected chi connectivity index (χ4v) is 3.42. The van der Waals surface area contributed by atoms with E-state index in [0.29, 0.717) is 10.7 Å². The van der Waals surface area contributed by atoms with Gasteiger partial charge in [0.15, 0.2) is 0 Å². The molecular formula is C17H19ClN2O3S. The van der Waals surface area contributed by atoms with Gasteiger partial charge in [-0.05, 0) is 50.6 Å². The van der Waals surface area contributed by atoms with Crippen LogP contribution in [0.15, 0.2) is 47.4 Å². The van der Waals surface area contributed by atoms with Gasteiger partial charge in [0.25, 0.3) is 0 Å². The molecule has 0 aliphatic carbocycles. The number of hydrogen-bond acceptors (Lipinski definition) is 3. The summed E-state index contributed by atoms with van der Waals surface area (Å²) in [6.45, 7) is 5.18. The zero-order valence-corrected chi connectivity index (χ0v) is 15.2. The average molecular weight is 367 g/mol. The van der Waals surface area contributed by atoms with Crippen LogP contribution in [0, 0.1) is 13.8 Å². The first-order valence-electron chi connectivity index (χ1n) is 7.35. The second-order valence-electron chi connectivity index (χ2n) is 5.60. The van der Waals surface area contributed by atoms with Crippen LogP contribution in [0.1, 0.15) is 18.1 Å². The van der Waals surface area contributed by atoms with Gasteiger partial charge in [-0.3, -0.25) is 4.79 Å². The molecule has 0 heterocycles. The largest absolute Gasteiger partial charge is 0.324 e. The fraction of sp³-hybridized carbons (Fsp3) is 0.235. The van der Waals surface area contributed by atoms with Crippen molar-refractivity contribution in [2.75, 3.05) is 5.32 Å². The highest BCUT2D eigenvalue weighted by atomic mass is 35.5. The van der Waals surface area contributed by atoms with Gasteiger partial charge in [0.05, 0.1) is 10.9 Å². The SMILES string of the molecule is Cc1ccc(S(=O)(=O)N[C@@H](C)C(=O)Nc2cc(Cl)ccc2C)cc1. The highest BCUT2D eigenvalue weighted by Gasteiger charge is 2.22. The van der Waals surface area contributed by atoms with Crippen molar-refractivity contribution < 1.29 is 13.2 Å². The molecule has 0 bridgehead atoms. The molecule has 1 atom stereocenters. The molecule has 128 valence electrons. The summed E-state index contributed by atoms with van der Waals surface area (Å²) >= 11 is 5.92. The Morgan fingerprint density at radius 1 is 1.08 bits per heavy atom. The van der Waals surface area contributed by atoms with Gasteiger partial charge in [0.1, 0.15) is 0 Å². The summed E-state index contributed by atoms with van der Waals surface area (Å²) in [5.74, 6) is -0.462. The molecule has 0 fully saturated rings. The van der Waals surface area contributed by atoms with Crippen molar-refractivity contribution >= 4 is 33.2 Å². The van der Waals surface area contributed by atoms with Crippen LogP contribution in [0.3, 0.4) is 0 Å². The standard InChI is InChI=1S/C17H19ClN2O3S/c1-11-4-8-15(9-5-11)24(22,23)20-13(3)17(21)19-16-10-14(18)7-6-12(16)2/h4-10,13,20H,1-3H3,(H,19,21)/t13-/m0/s1. The predicted octanol–water partition coefficient (Wildman–Crippen LogP) is 3.26. The maximum atomic E-state index is 12.3. The molecule has 2 N–H and O–H groups in total. The van der Waals surface area contributed by atoms with Gasteiger partial charge >= 0.3 is 0 Å².